The van der Waals surface area contributed by atoms with Crippen molar-refractivity contribution < 1.29 is 4.39 Å². The van der Waals surface area contributed by atoms with Gasteiger partial charge in [0.25, 0.3) is 0 Å². The molecular weight excluding hydrogens is 285 g/mol. The van der Waals surface area contributed by atoms with E-state index in [1.54, 1.807) is 18.2 Å². The number of nitrogens with zero attached hydrogens (tertiary/aromatic N) is 2. The van der Waals surface area contributed by atoms with Crippen molar-refractivity contribution in [2.75, 3.05) is 0 Å². The van der Waals surface area contributed by atoms with Crippen LogP contribution >= 0.6 is 12.2 Å². The number of rotatable bonds is 2. The maximum Gasteiger partial charge on any atom is 0.178 e. The quantitative estimate of drug-likeness (QED) is 0.716. The molecule has 0 aliphatic rings. The molecule has 2 aromatic carbocycles. The van der Waals surface area contributed by atoms with Crippen molar-refractivity contribution >= 4 is 23.3 Å². The zero-order valence-electron chi connectivity index (χ0n) is 11.3. The maximum absolute atomic E-state index is 13.4. The second-order valence-electron chi connectivity index (χ2n) is 4.87. The molecule has 0 aliphatic heterocycles. The summed E-state index contributed by atoms with van der Waals surface area (Å²) in [5.41, 5.74) is 3.10. The molecule has 0 spiro atoms. The molecule has 0 amide bonds. The summed E-state index contributed by atoms with van der Waals surface area (Å²) in [6, 6.07) is 13.8. The smallest absolute Gasteiger partial charge is 0.178 e. The Balaban J connectivity index is 2.22. The van der Waals surface area contributed by atoms with Gasteiger partial charge in [-0.25, -0.2) is 4.39 Å². The number of aromatic amines is 1. The van der Waals surface area contributed by atoms with E-state index in [9.17, 15) is 4.39 Å². The molecule has 104 valence electrons. The number of nitrogens with one attached hydrogen (secondary N) is 1. The fourth-order valence-corrected chi connectivity index (χ4v) is 2.86. The van der Waals surface area contributed by atoms with E-state index in [1.807, 2.05) is 23.6 Å². The van der Waals surface area contributed by atoms with Crippen LogP contribution in [0.15, 0.2) is 42.5 Å². The predicted octanol–water partition coefficient (Wildman–Crippen LogP) is 4.32. The zero-order valence-corrected chi connectivity index (χ0v) is 12.1. The molecule has 0 aliphatic carbocycles. The van der Waals surface area contributed by atoms with E-state index < -0.39 is 0 Å². The van der Waals surface area contributed by atoms with Gasteiger partial charge in [0.1, 0.15) is 5.82 Å². The van der Waals surface area contributed by atoms with Crippen molar-refractivity contribution in [1.82, 2.24) is 9.55 Å². The highest BCUT2D eigenvalue weighted by molar-refractivity contribution is 7.71. The van der Waals surface area contributed by atoms with E-state index in [0.29, 0.717) is 10.3 Å². The average molecular weight is 297 g/mol. The van der Waals surface area contributed by atoms with Crippen LogP contribution in [0, 0.1) is 21.9 Å². The van der Waals surface area contributed by atoms with Crippen molar-refractivity contribution in [2.45, 2.75) is 13.0 Å². The fraction of sp³-hybridized carbons (Fsp3) is 0.125. The van der Waals surface area contributed by atoms with Crippen LogP contribution in [0.2, 0.25) is 0 Å². The fourth-order valence-electron chi connectivity index (χ4n) is 2.49. The molecule has 21 heavy (non-hydrogen) atoms. The SMILES string of the molecule is CC(c1cccc(F)c1)n1c(=S)[nH]c2ccc(C#N)cc21. The summed E-state index contributed by atoms with van der Waals surface area (Å²) >= 11 is 5.37. The number of benzene rings is 2. The minimum Gasteiger partial charge on any atom is -0.331 e. The molecule has 1 aromatic heterocycles. The lowest BCUT2D eigenvalue weighted by Gasteiger charge is -2.15. The van der Waals surface area contributed by atoms with Crippen molar-refractivity contribution in [3.8, 4) is 6.07 Å². The van der Waals surface area contributed by atoms with Crippen LogP contribution < -0.4 is 0 Å². The summed E-state index contributed by atoms with van der Waals surface area (Å²) in [4.78, 5) is 3.12. The maximum atomic E-state index is 13.4. The van der Waals surface area contributed by atoms with Crippen LogP contribution in [-0.2, 0) is 0 Å². The Bertz CT molecular complexity index is 917. The first-order chi connectivity index (χ1) is 10.1. The van der Waals surface area contributed by atoms with Gasteiger partial charge < -0.3 is 9.55 Å². The Morgan fingerprint density at radius 2 is 2.10 bits per heavy atom. The molecule has 3 rings (SSSR count). The molecular formula is C16H12FN3S. The number of halogens is 1. The number of H-pyrrole nitrogens is 1. The molecule has 3 nitrogen and oxygen atoms in total. The standard InChI is InChI=1S/C16H12FN3S/c1-10(12-3-2-4-13(17)8-12)20-15-7-11(9-18)5-6-14(15)19-16(20)21/h2-8,10H,1H3,(H,19,21). The van der Waals surface area contributed by atoms with Gasteiger partial charge in [-0.3, -0.25) is 0 Å². The second-order valence-corrected chi connectivity index (χ2v) is 5.26. The lowest BCUT2D eigenvalue weighted by molar-refractivity contribution is 0.608. The summed E-state index contributed by atoms with van der Waals surface area (Å²) in [5, 5.41) is 9.04. The summed E-state index contributed by atoms with van der Waals surface area (Å²) in [5.74, 6) is -0.275. The molecule has 1 atom stereocenters. The van der Waals surface area contributed by atoms with Crippen LogP contribution in [0.4, 0.5) is 4.39 Å². The number of imidazole rings is 1. The summed E-state index contributed by atoms with van der Waals surface area (Å²) in [7, 11) is 0. The first-order valence-corrected chi connectivity index (χ1v) is 6.91. The summed E-state index contributed by atoms with van der Waals surface area (Å²) in [6.07, 6.45) is 0. The predicted molar refractivity (Wildman–Crippen MR) is 82.1 cm³/mol. The van der Waals surface area contributed by atoms with Crippen LogP contribution in [0.1, 0.15) is 24.1 Å². The van der Waals surface area contributed by atoms with Gasteiger partial charge in [-0.05, 0) is 55.0 Å². The molecule has 0 fully saturated rings. The molecule has 1 unspecified atom stereocenters. The van der Waals surface area contributed by atoms with Crippen LogP contribution in [0.25, 0.3) is 11.0 Å². The Hall–Kier alpha value is -2.45. The van der Waals surface area contributed by atoms with E-state index in [1.165, 1.54) is 12.1 Å². The van der Waals surface area contributed by atoms with Crippen molar-refractivity contribution in [2.24, 2.45) is 0 Å². The van der Waals surface area contributed by atoms with Crippen molar-refractivity contribution in [3.05, 3.63) is 64.2 Å². The van der Waals surface area contributed by atoms with Gasteiger partial charge in [0.2, 0.25) is 0 Å². The average Bonchev–Trinajstić information content (AvgIpc) is 2.81. The van der Waals surface area contributed by atoms with E-state index >= 15 is 0 Å². The number of fused-ring (bicyclic) bond motifs is 1. The minimum absolute atomic E-state index is 0.129. The van der Waals surface area contributed by atoms with Crippen molar-refractivity contribution in [1.29, 1.82) is 5.26 Å². The molecule has 5 heteroatoms. The van der Waals surface area contributed by atoms with E-state index in [0.717, 1.165) is 16.6 Å². The first kappa shape index (κ1) is 13.5. The number of hydrogen-bond donors (Lipinski definition) is 1. The van der Waals surface area contributed by atoms with Crippen LogP contribution in [-0.4, -0.2) is 9.55 Å². The highest BCUT2D eigenvalue weighted by atomic mass is 32.1. The van der Waals surface area contributed by atoms with Gasteiger partial charge in [-0.15, -0.1) is 0 Å². The third kappa shape index (κ3) is 2.34. The normalized spacial score (nSPS) is 12.2. The van der Waals surface area contributed by atoms with Gasteiger partial charge in [0, 0.05) is 0 Å². The second kappa shape index (κ2) is 5.15. The van der Waals surface area contributed by atoms with Gasteiger partial charge in [0.15, 0.2) is 4.77 Å². The van der Waals surface area contributed by atoms with Crippen LogP contribution in [0.3, 0.4) is 0 Å². The Labute approximate surface area is 126 Å². The molecule has 3 aromatic rings. The molecule has 1 N–H and O–H groups in total. The Kier molecular flexibility index (Phi) is 3.32. The number of hydrogen-bond acceptors (Lipinski definition) is 2. The summed E-state index contributed by atoms with van der Waals surface area (Å²) < 4.78 is 15.9. The third-order valence-electron chi connectivity index (χ3n) is 3.57. The van der Waals surface area contributed by atoms with Gasteiger partial charge in [0.05, 0.1) is 28.7 Å². The topological polar surface area (TPSA) is 44.5 Å². The first-order valence-electron chi connectivity index (χ1n) is 6.50. The van der Waals surface area contributed by atoms with E-state index in [2.05, 4.69) is 11.1 Å². The minimum atomic E-state index is -0.275. The molecule has 0 radical (unpaired) electrons. The lowest BCUT2D eigenvalue weighted by atomic mass is 10.1. The highest BCUT2D eigenvalue weighted by Gasteiger charge is 2.14. The van der Waals surface area contributed by atoms with E-state index in [-0.39, 0.29) is 11.9 Å². The van der Waals surface area contributed by atoms with Crippen LogP contribution in [0.5, 0.6) is 0 Å². The highest BCUT2D eigenvalue weighted by Crippen LogP contribution is 2.25. The monoisotopic (exact) mass is 297 g/mol. The zero-order chi connectivity index (χ0) is 15.0. The van der Waals surface area contributed by atoms with Gasteiger partial charge in [-0.2, -0.15) is 5.26 Å². The number of aromatic nitrogens is 2. The van der Waals surface area contributed by atoms with Gasteiger partial charge in [-0.1, -0.05) is 12.1 Å². The molecule has 1 heterocycles. The lowest BCUT2D eigenvalue weighted by Crippen LogP contribution is -2.07. The largest absolute Gasteiger partial charge is 0.331 e. The molecule has 0 bridgehead atoms. The third-order valence-corrected chi connectivity index (χ3v) is 3.86. The Morgan fingerprint density at radius 3 is 2.81 bits per heavy atom. The van der Waals surface area contributed by atoms with E-state index in [4.69, 9.17) is 17.5 Å². The summed E-state index contributed by atoms with van der Waals surface area (Å²) in [6.45, 7) is 1.96. The Morgan fingerprint density at radius 1 is 1.29 bits per heavy atom. The number of nitriles is 1. The molecule has 0 saturated heterocycles. The molecule has 0 saturated carbocycles. The van der Waals surface area contributed by atoms with Crippen molar-refractivity contribution in [3.63, 3.8) is 0 Å². The van der Waals surface area contributed by atoms with Gasteiger partial charge >= 0.3 is 0 Å².